The number of nitrogens with two attached hydrogens (primary N) is 1. The summed E-state index contributed by atoms with van der Waals surface area (Å²) in [6.45, 7) is 6.29. The zero-order valence-corrected chi connectivity index (χ0v) is 17.1. The van der Waals surface area contributed by atoms with Crippen molar-refractivity contribution in [3.8, 4) is 6.01 Å². The molecular formula is C20H27N7O3. The highest BCUT2D eigenvalue weighted by atomic mass is 16.5. The van der Waals surface area contributed by atoms with E-state index in [4.69, 9.17) is 15.2 Å². The zero-order chi connectivity index (χ0) is 20.9. The van der Waals surface area contributed by atoms with Crippen molar-refractivity contribution in [1.82, 2.24) is 15.0 Å². The molecule has 30 heavy (non-hydrogen) atoms. The van der Waals surface area contributed by atoms with Crippen LogP contribution in [0.5, 0.6) is 6.01 Å². The summed E-state index contributed by atoms with van der Waals surface area (Å²) in [5.41, 5.74) is 7.54. The van der Waals surface area contributed by atoms with Crippen molar-refractivity contribution in [3.63, 3.8) is 0 Å². The monoisotopic (exact) mass is 413 g/mol. The first kappa shape index (κ1) is 20.1. The van der Waals surface area contributed by atoms with Gasteiger partial charge in [0, 0.05) is 25.8 Å². The molecule has 2 aromatic heterocycles. The Labute approximate surface area is 175 Å². The molecule has 1 amide bonds. The first-order valence-corrected chi connectivity index (χ1v) is 10.3. The van der Waals surface area contributed by atoms with Crippen molar-refractivity contribution in [1.29, 1.82) is 0 Å². The molecule has 0 aromatic carbocycles. The Kier molecular flexibility index (Phi) is 6.12. The molecule has 4 heterocycles. The molecule has 0 unspecified atom stereocenters. The summed E-state index contributed by atoms with van der Waals surface area (Å²) in [5.74, 6) is 1.52. The van der Waals surface area contributed by atoms with E-state index >= 15 is 0 Å². The van der Waals surface area contributed by atoms with Gasteiger partial charge in [0.1, 0.15) is 11.5 Å². The van der Waals surface area contributed by atoms with Crippen molar-refractivity contribution in [2.45, 2.75) is 26.3 Å². The van der Waals surface area contributed by atoms with Crippen molar-refractivity contribution in [2.24, 2.45) is 0 Å². The Balaban J connectivity index is 1.57. The first-order valence-electron chi connectivity index (χ1n) is 10.3. The number of hydrogen-bond acceptors (Lipinski definition) is 9. The molecule has 1 fully saturated rings. The number of morpholine rings is 1. The third-order valence-electron chi connectivity index (χ3n) is 5.04. The SMILES string of the molecule is CCCCOc1nc(N)c2c(n1)N(Cc1ccnc(N3CCOCC3)c1)CC(=O)N2. The van der Waals surface area contributed by atoms with E-state index in [1.54, 1.807) is 6.20 Å². The second-order valence-corrected chi connectivity index (χ2v) is 7.32. The van der Waals surface area contributed by atoms with Crippen LogP contribution in [0.25, 0.3) is 0 Å². The molecule has 2 aliphatic rings. The van der Waals surface area contributed by atoms with Gasteiger partial charge in [0.2, 0.25) is 5.91 Å². The molecule has 3 N–H and O–H groups in total. The van der Waals surface area contributed by atoms with Gasteiger partial charge in [-0.1, -0.05) is 13.3 Å². The molecule has 1 saturated heterocycles. The number of fused-ring (bicyclic) bond motifs is 1. The number of ether oxygens (including phenoxy) is 2. The number of nitrogens with one attached hydrogen (secondary N) is 1. The van der Waals surface area contributed by atoms with Gasteiger partial charge in [-0.3, -0.25) is 4.79 Å². The average Bonchev–Trinajstić information content (AvgIpc) is 2.76. The lowest BCUT2D eigenvalue weighted by Gasteiger charge is -2.31. The zero-order valence-electron chi connectivity index (χ0n) is 17.1. The number of aromatic nitrogens is 3. The van der Waals surface area contributed by atoms with Crippen molar-refractivity contribution in [2.75, 3.05) is 60.3 Å². The van der Waals surface area contributed by atoms with E-state index in [2.05, 4.69) is 32.1 Å². The second kappa shape index (κ2) is 9.12. The molecule has 10 nitrogen and oxygen atoms in total. The van der Waals surface area contributed by atoms with E-state index in [1.807, 2.05) is 17.0 Å². The lowest BCUT2D eigenvalue weighted by molar-refractivity contribution is -0.115. The number of pyridine rings is 1. The fraction of sp³-hybridized carbons (Fsp3) is 0.500. The van der Waals surface area contributed by atoms with E-state index in [1.165, 1.54) is 0 Å². The minimum atomic E-state index is -0.153. The predicted octanol–water partition coefficient (Wildman–Crippen LogP) is 1.43. The molecule has 0 spiro atoms. The molecular weight excluding hydrogens is 386 g/mol. The molecule has 2 aromatic rings. The minimum Gasteiger partial charge on any atom is -0.463 e. The molecule has 4 rings (SSSR count). The summed E-state index contributed by atoms with van der Waals surface area (Å²) in [6, 6.07) is 4.21. The van der Waals surface area contributed by atoms with Crippen LogP contribution in [0, 0.1) is 0 Å². The highest BCUT2D eigenvalue weighted by Crippen LogP contribution is 2.34. The van der Waals surface area contributed by atoms with E-state index in [0.29, 0.717) is 37.9 Å². The predicted molar refractivity (Wildman–Crippen MR) is 114 cm³/mol. The van der Waals surface area contributed by atoms with E-state index in [0.717, 1.165) is 37.3 Å². The fourth-order valence-electron chi connectivity index (χ4n) is 3.47. The van der Waals surface area contributed by atoms with Gasteiger partial charge in [-0.05, 0) is 24.1 Å². The molecule has 0 radical (unpaired) electrons. The van der Waals surface area contributed by atoms with Crippen LogP contribution in [0.15, 0.2) is 18.3 Å². The molecule has 0 saturated carbocycles. The third kappa shape index (κ3) is 4.54. The molecule has 10 heteroatoms. The standard InChI is InChI=1S/C20H27N7O3/c1-2-3-8-30-20-24-18(21)17-19(25-20)27(13-16(28)23-17)12-14-4-5-22-15(11-14)26-6-9-29-10-7-26/h4-5,11H,2-3,6-10,12-13H2,1H3,(H,23,28)(H2,21,24,25). The van der Waals surface area contributed by atoms with E-state index in [-0.39, 0.29) is 24.3 Å². The molecule has 160 valence electrons. The molecule has 0 aliphatic carbocycles. The summed E-state index contributed by atoms with van der Waals surface area (Å²) in [7, 11) is 0. The van der Waals surface area contributed by atoms with Crippen LogP contribution >= 0.6 is 0 Å². The maximum atomic E-state index is 12.3. The summed E-state index contributed by atoms with van der Waals surface area (Å²) >= 11 is 0. The van der Waals surface area contributed by atoms with Crippen LogP contribution in [-0.4, -0.2) is 60.3 Å². The van der Waals surface area contributed by atoms with Crippen LogP contribution in [-0.2, 0) is 16.1 Å². The van der Waals surface area contributed by atoms with Crippen molar-refractivity contribution < 1.29 is 14.3 Å². The van der Waals surface area contributed by atoms with Gasteiger partial charge in [0.25, 0.3) is 0 Å². The quantitative estimate of drug-likeness (QED) is 0.650. The molecule has 0 bridgehead atoms. The summed E-state index contributed by atoms with van der Waals surface area (Å²) < 4.78 is 11.1. The van der Waals surface area contributed by atoms with Gasteiger partial charge < -0.3 is 30.3 Å². The molecule has 0 atom stereocenters. The minimum absolute atomic E-state index is 0.153. The summed E-state index contributed by atoms with van der Waals surface area (Å²) in [6.07, 6.45) is 3.71. The number of unbranched alkanes of at least 4 members (excludes halogenated alkanes) is 1. The summed E-state index contributed by atoms with van der Waals surface area (Å²) in [4.78, 5) is 29.5. The Morgan fingerprint density at radius 3 is 2.93 bits per heavy atom. The number of nitrogen functional groups attached to an aromatic ring is 1. The lowest BCUT2D eigenvalue weighted by atomic mass is 10.2. The van der Waals surface area contributed by atoms with Crippen LogP contribution in [0.3, 0.4) is 0 Å². The highest BCUT2D eigenvalue weighted by molar-refractivity contribution is 6.03. The normalized spacial score (nSPS) is 16.2. The van der Waals surface area contributed by atoms with Gasteiger partial charge in [0.05, 0.1) is 26.4 Å². The van der Waals surface area contributed by atoms with Crippen LogP contribution in [0.2, 0.25) is 0 Å². The lowest BCUT2D eigenvalue weighted by Crippen LogP contribution is -2.39. The van der Waals surface area contributed by atoms with Crippen molar-refractivity contribution in [3.05, 3.63) is 23.9 Å². The van der Waals surface area contributed by atoms with Crippen LogP contribution in [0.4, 0.5) is 23.1 Å². The van der Waals surface area contributed by atoms with Crippen LogP contribution < -0.4 is 25.6 Å². The highest BCUT2D eigenvalue weighted by Gasteiger charge is 2.27. The summed E-state index contributed by atoms with van der Waals surface area (Å²) in [5, 5.41) is 2.78. The van der Waals surface area contributed by atoms with Gasteiger partial charge in [-0.25, -0.2) is 4.98 Å². The Morgan fingerprint density at radius 1 is 1.30 bits per heavy atom. The largest absolute Gasteiger partial charge is 0.463 e. The van der Waals surface area contributed by atoms with Crippen LogP contribution in [0.1, 0.15) is 25.3 Å². The van der Waals surface area contributed by atoms with Crippen molar-refractivity contribution >= 4 is 29.0 Å². The maximum Gasteiger partial charge on any atom is 0.320 e. The Bertz CT molecular complexity index is 902. The second-order valence-electron chi connectivity index (χ2n) is 7.32. The number of rotatable bonds is 7. The Hall–Kier alpha value is -3.14. The maximum absolute atomic E-state index is 12.3. The van der Waals surface area contributed by atoms with Gasteiger partial charge in [0.15, 0.2) is 11.6 Å². The Morgan fingerprint density at radius 2 is 2.13 bits per heavy atom. The molecule has 2 aliphatic heterocycles. The van der Waals surface area contributed by atoms with Gasteiger partial charge >= 0.3 is 6.01 Å². The van der Waals surface area contributed by atoms with E-state index < -0.39 is 0 Å². The number of amides is 1. The topological polar surface area (TPSA) is 119 Å². The number of carbonyl (C=O) groups excluding carboxylic acids is 1. The number of carbonyl (C=O) groups is 1. The fourth-order valence-corrected chi connectivity index (χ4v) is 3.47. The number of nitrogens with zero attached hydrogens (tertiary/aromatic N) is 5. The van der Waals surface area contributed by atoms with Gasteiger partial charge in [-0.15, -0.1) is 0 Å². The number of anilines is 4. The third-order valence-corrected chi connectivity index (χ3v) is 5.04. The first-order chi connectivity index (χ1) is 14.6. The average molecular weight is 413 g/mol. The van der Waals surface area contributed by atoms with Gasteiger partial charge in [-0.2, -0.15) is 9.97 Å². The van der Waals surface area contributed by atoms with E-state index in [9.17, 15) is 4.79 Å². The number of hydrogen-bond donors (Lipinski definition) is 2. The smallest absolute Gasteiger partial charge is 0.320 e.